The fraction of sp³-hybridized carbons (Fsp3) is 0.556. The van der Waals surface area contributed by atoms with E-state index in [1.54, 1.807) is 12.1 Å². The van der Waals surface area contributed by atoms with Gasteiger partial charge in [0.25, 0.3) is 0 Å². The summed E-state index contributed by atoms with van der Waals surface area (Å²) in [6.45, 7) is 4.33. The van der Waals surface area contributed by atoms with Crippen LogP contribution in [0.4, 0.5) is 0 Å². The van der Waals surface area contributed by atoms with Crippen LogP contribution in [0.3, 0.4) is 0 Å². The molecule has 3 rings (SSSR count). The fourth-order valence-corrected chi connectivity index (χ4v) is 5.05. The molecule has 0 bridgehead atoms. The third-order valence-electron chi connectivity index (χ3n) is 4.98. The van der Waals surface area contributed by atoms with E-state index in [0.29, 0.717) is 23.9 Å². The average molecular weight is 319 g/mol. The number of allylic oxidation sites excluding steroid dienone is 1. The lowest BCUT2D eigenvalue weighted by atomic mass is 10.1. The van der Waals surface area contributed by atoms with Crippen LogP contribution in [-0.2, 0) is 9.84 Å². The highest BCUT2D eigenvalue weighted by molar-refractivity contribution is 7.92. The maximum atomic E-state index is 12.5. The molecule has 120 valence electrons. The largest absolute Gasteiger partial charge is 0.301 e. The molecule has 0 aromatic heterocycles. The Kier molecular flexibility index (Phi) is 4.69. The van der Waals surface area contributed by atoms with Gasteiger partial charge in [0.2, 0.25) is 0 Å². The molecule has 0 atom stereocenters. The van der Waals surface area contributed by atoms with Gasteiger partial charge in [0.1, 0.15) is 0 Å². The molecule has 1 aliphatic carbocycles. The van der Waals surface area contributed by atoms with Crippen molar-refractivity contribution in [3.05, 3.63) is 35.9 Å². The molecule has 22 heavy (non-hydrogen) atoms. The predicted molar refractivity (Wildman–Crippen MR) is 90.5 cm³/mol. The van der Waals surface area contributed by atoms with E-state index in [0.717, 1.165) is 12.1 Å². The van der Waals surface area contributed by atoms with Gasteiger partial charge in [0.05, 0.1) is 10.1 Å². The third kappa shape index (κ3) is 3.28. The number of benzene rings is 1. The number of hydrogen-bond donors (Lipinski definition) is 0. The Morgan fingerprint density at radius 1 is 1.14 bits per heavy atom. The maximum absolute atomic E-state index is 12.5. The molecule has 0 unspecified atom stereocenters. The van der Waals surface area contributed by atoms with Gasteiger partial charge in [-0.15, -0.1) is 0 Å². The Bertz CT molecular complexity index is 622. The van der Waals surface area contributed by atoms with Crippen molar-refractivity contribution in [3.8, 4) is 0 Å². The molecular formula is C18H25NO2S. The Labute approximate surface area is 133 Å². The summed E-state index contributed by atoms with van der Waals surface area (Å²) in [7, 11) is -3.16. The molecule has 1 aromatic rings. The second kappa shape index (κ2) is 6.55. The lowest BCUT2D eigenvalue weighted by Crippen LogP contribution is -2.54. The van der Waals surface area contributed by atoms with Crippen LogP contribution in [0.1, 0.15) is 38.2 Å². The molecule has 1 saturated heterocycles. The molecule has 1 aromatic carbocycles. The van der Waals surface area contributed by atoms with Crippen molar-refractivity contribution in [2.24, 2.45) is 5.92 Å². The van der Waals surface area contributed by atoms with E-state index in [2.05, 4.69) is 24.0 Å². The molecule has 1 saturated carbocycles. The minimum absolute atomic E-state index is 0.229. The Morgan fingerprint density at radius 2 is 1.77 bits per heavy atom. The summed E-state index contributed by atoms with van der Waals surface area (Å²) in [5, 5.41) is -0.229. The molecular weight excluding hydrogens is 294 g/mol. The van der Waals surface area contributed by atoms with Crippen LogP contribution in [0.25, 0.3) is 6.08 Å². The molecule has 0 amide bonds. The Hall–Kier alpha value is -1.13. The first-order chi connectivity index (χ1) is 10.6. The van der Waals surface area contributed by atoms with Gasteiger partial charge >= 0.3 is 0 Å². The van der Waals surface area contributed by atoms with E-state index in [1.807, 2.05) is 12.1 Å². The maximum Gasteiger partial charge on any atom is 0.183 e. The molecule has 0 radical (unpaired) electrons. The Balaban J connectivity index is 1.66. The van der Waals surface area contributed by atoms with E-state index >= 15 is 0 Å². The third-order valence-corrected chi connectivity index (χ3v) is 7.08. The van der Waals surface area contributed by atoms with Crippen LogP contribution < -0.4 is 0 Å². The summed E-state index contributed by atoms with van der Waals surface area (Å²) in [5.41, 5.74) is 1.09. The average Bonchev–Trinajstić information content (AvgIpc) is 2.97. The van der Waals surface area contributed by atoms with Gasteiger partial charge in [0, 0.05) is 13.1 Å². The minimum Gasteiger partial charge on any atom is -0.301 e. The Morgan fingerprint density at radius 3 is 2.36 bits per heavy atom. The summed E-state index contributed by atoms with van der Waals surface area (Å²) in [5.74, 6) is 0.707. The topological polar surface area (TPSA) is 37.4 Å². The van der Waals surface area contributed by atoms with Gasteiger partial charge < -0.3 is 4.90 Å². The molecule has 1 aliphatic heterocycles. The van der Waals surface area contributed by atoms with Crippen molar-refractivity contribution in [3.63, 3.8) is 0 Å². The van der Waals surface area contributed by atoms with Crippen molar-refractivity contribution in [1.29, 1.82) is 0 Å². The standard InChI is InChI=1S/C18H25NO2S/c1-2-19-13-18(14-19)22(20,21)17-11-9-16(10-12-17)8-7-15-5-3-4-6-15/h7-12,15,18H,2-6,13-14H2,1H3/b8-7+. The molecule has 2 fully saturated rings. The normalized spacial score (nSPS) is 21.5. The number of hydrogen-bond acceptors (Lipinski definition) is 3. The van der Waals surface area contributed by atoms with Crippen LogP contribution in [0.15, 0.2) is 35.2 Å². The van der Waals surface area contributed by atoms with Crippen LogP contribution in [0.5, 0.6) is 0 Å². The SMILES string of the molecule is CCN1CC(S(=O)(=O)c2ccc(/C=C/C3CCCC3)cc2)C1. The summed E-state index contributed by atoms with van der Waals surface area (Å²) in [6.07, 6.45) is 9.66. The molecule has 3 nitrogen and oxygen atoms in total. The van der Waals surface area contributed by atoms with Crippen molar-refractivity contribution in [1.82, 2.24) is 4.90 Å². The number of rotatable bonds is 5. The monoisotopic (exact) mass is 319 g/mol. The van der Waals surface area contributed by atoms with Gasteiger partial charge in [0.15, 0.2) is 9.84 Å². The highest BCUT2D eigenvalue weighted by Crippen LogP contribution is 2.27. The number of sulfone groups is 1. The van der Waals surface area contributed by atoms with Crippen LogP contribution in [-0.4, -0.2) is 38.2 Å². The van der Waals surface area contributed by atoms with Crippen LogP contribution in [0, 0.1) is 5.92 Å². The highest BCUT2D eigenvalue weighted by Gasteiger charge is 2.37. The summed E-state index contributed by atoms with van der Waals surface area (Å²) in [4.78, 5) is 2.62. The lowest BCUT2D eigenvalue weighted by Gasteiger charge is -2.37. The second-order valence-electron chi connectivity index (χ2n) is 6.49. The van der Waals surface area contributed by atoms with Crippen LogP contribution in [0.2, 0.25) is 0 Å². The van der Waals surface area contributed by atoms with Gasteiger partial charge in [-0.1, -0.05) is 44.1 Å². The van der Waals surface area contributed by atoms with E-state index in [-0.39, 0.29) is 5.25 Å². The zero-order valence-electron chi connectivity index (χ0n) is 13.2. The zero-order valence-corrected chi connectivity index (χ0v) is 14.1. The van der Waals surface area contributed by atoms with Crippen LogP contribution >= 0.6 is 0 Å². The predicted octanol–water partition coefficient (Wildman–Crippen LogP) is 3.37. The minimum atomic E-state index is -3.16. The molecule has 1 heterocycles. The van der Waals surface area contributed by atoms with E-state index < -0.39 is 9.84 Å². The summed E-state index contributed by atoms with van der Waals surface area (Å²) in [6, 6.07) is 7.37. The first-order valence-corrected chi connectivity index (χ1v) is 9.88. The van der Waals surface area contributed by atoms with Crippen molar-refractivity contribution < 1.29 is 8.42 Å². The van der Waals surface area contributed by atoms with Crippen molar-refractivity contribution in [2.75, 3.05) is 19.6 Å². The van der Waals surface area contributed by atoms with E-state index in [9.17, 15) is 8.42 Å². The molecule has 0 spiro atoms. The number of nitrogens with zero attached hydrogens (tertiary/aromatic N) is 1. The summed E-state index contributed by atoms with van der Waals surface area (Å²) >= 11 is 0. The van der Waals surface area contributed by atoms with Crippen molar-refractivity contribution >= 4 is 15.9 Å². The second-order valence-corrected chi connectivity index (χ2v) is 8.72. The summed E-state index contributed by atoms with van der Waals surface area (Å²) < 4.78 is 25.0. The van der Waals surface area contributed by atoms with Gasteiger partial charge in [-0.3, -0.25) is 0 Å². The van der Waals surface area contributed by atoms with Crippen molar-refractivity contribution in [2.45, 2.75) is 42.8 Å². The number of likely N-dealkylation sites (tertiary alicyclic amines) is 1. The molecule has 0 N–H and O–H groups in total. The lowest BCUT2D eigenvalue weighted by molar-refractivity contribution is 0.195. The van der Waals surface area contributed by atoms with Gasteiger partial charge in [-0.25, -0.2) is 8.42 Å². The van der Waals surface area contributed by atoms with E-state index in [1.165, 1.54) is 25.7 Å². The van der Waals surface area contributed by atoms with Gasteiger partial charge in [-0.05, 0) is 43.0 Å². The first-order valence-electron chi connectivity index (χ1n) is 8.34. The smallest absolute Gasteiger partial charge is 0.183 e. The van der Waals surface area contributed by atoms with Gasteiger partial charge in [-0.2, -0.15) is 0 Å². The zero-order chi connectivity index (χ0) is 15.6. The quantitative estimate of drug-likeness (QED) is 0.835. The highest BCUT2D eigenvalue weighted by atomic mass is 32.2. The van der Waals surface area contributed by atoms with E-state index in [4.69, 9.17) is 0 Å². The fourth-order valence-electron chi connectivity index (χ4n) is 3.34. The molecule has 4 heteroatoms. The first kappa shape index (κ1) is 15.8. The molecule has 2 aliphatic rings.